The van der Waals surface area contributed by atoms with Gasteiger partial charge in [0.1, 0.15) is 12.1 Å². The van der Waals surface area contributed by atoms with Gasteiger partial charge in [0.2, 0.25) is 11.8 Å². The number of anilines is 1. The molecule has 0 bridgehead atoms. The lowest BCUT2D eigenvalue weighted by atomic mass is 9.87. The van der Waals surface area contributed by atoms with Crippen molar-refractivity contribution >= 4 is 28.3 Å². The van der Waals surface area contributed by atoms with Crippen molar-refractivity contribution in [1.29, 1.82) is 5.26 Å². The molecule has 2 aliphatic rings. The number of hydrogen-bond donors (Lipinski definition) is 2. The summed E-state index contributed by atoms with van der Waals surface area (Å²) in [6.07, 6.45) is 3.97. The van der Waals surface area contributed by atoms with Crippen LogP contribution in [-0.4, -0.2) is 57.5 Å². The number of aliphatic hydroxyl groups excluding tert-OH is 1. The van der Waals surface area contributed by atoms with E-state index in [2.05, 4.69) is 31.1 Å². The van der Waals surface area contributed by atoms with Crippen LogP contribution in [0.3, 0.4) is 0 Å². The van der Waals surface area contributed by atoms with E-state index in [1.54, 1.807) is 24.5 Å². The van der Waals surface area contributed by atoms with E-state index in [0.29, 0.717) is 16.6 Å². The van der Waals surface area contributed by atoms with Gasteiger partial charge in [-0.1, -0.05) is 57.2 Å². The first-order valence-electron chi connectivity index (χ1n) is 14.7. The third-order valence-corrected chi connectivity index (χ3v) is 8.51. The molecule has 1 aliphatic carbocycles. The van der Waals surface area contributed by atoms with Gasteiger partial charge in [0.05, 0.1) is 12.6 Å². The first-order valence-corrected chi connectivity index (χ1v) is 14.7. The number of likely N-dealkylation sites (tertiary alicyclic amines) is 1. The van der Waals surface area contributed by atoms with Gasteiger partial charge < -0.3 is 10.4 Å². The number of hydrogen-bond acceptors (Lipinski definition) is 6. The summed E-state index contributed by atoms with van der Waals surface area (Å²) in [6, 6.07) is 12.0. The minimum absolute atomic E-state index is 0.00663. The predicted molar refractivity (Wildman–Crippen MR) is 159 cm³/mol. The molecule has 2 amide bonds. The van der Waals surface area contributed by atoms with Crippen LogP contribution in [0.25, 0.3) is 10.8 Å². The summed E-state index contributed by atoms with van der Waals surface area (Å²) in [6.45, 7) is 6.22. The van der Waals surface area contributed by atoms with E-state index < -0.39 is 42.0 Å². The maximum atomic E-state index is 14.5. The van der Waals surface area contributed by atoms with Crippen molar-refractivity contribution in [2.45, 2.75) is 88.4 Å². The number of alkyl halides is 2. The molecule has 3 atom stereocenters. The maximum absolute atomic E-state index is 14.5. The number of aliphatic hydroxyl groups is 1. The van der Waals surface area contributed by atoms with E-state index in [4.69, 9.17) is 0 Å². The van der Waals surface area contributed by atoms with Crippen LogP contribution < -0.4 is 10.2 Å². The number of nitrogens with zero attached hydrogens (tertiary/aromatic N) is 4. The Hall–Kier alpha value is -4.10. The van der Waals surface area contributed by atoms with Crippen LogP contribution in [0.1, 0.15) is 70.0 Å². The fraction of sp³-hybridized carbons (Fsp3) is 0.455. The van der Waals surface area contributed by atoms with Crippen molar-refractivity contribution in [3.8, 4) is 6.19 Å². The lowest BCUT2D eigenvalue weighted by Crippen LogP contribution is -2.52. The molecular weight excluding hydrogens is 552 g/mol. The number of nitriles is 1. The maximum Gasteiger partial charge on any atom is 0.251 e. The van der Waals surface area contributed by atoms with E-state index >= 15 is 0 Å². The number of rotatable bonds is 6. The van der Waals surface area contributed by atoms with E-state index in [-0.39, 0.29) is 44.1 Å². The Bertz CT molecular complexity index is 1520. The summed E-state index contributed by atoms with van der Waals surface area (Å²) in [7, 11) is 0. The Labute approximate surface area is 250 Å². The summed E-state index contributed by atoms with van der Waals surface area (Å²) in [5.74, 6) is -3.81. The highest BCUT2D eigenvalue weighted by atomic mass is 19.3. The molecule has 2 heterocycles. The standard InChI is InChI=1S/C33H37F2N5O3/c1-32(2,3)22-8-10-24(11-9-22)40(31(43)28-16-25(41)19-39(28)20-36)29(27-18-37-17-21-6-4-5-7-26(21)27)30(42)38-23-12-14-33(34,35)15-13-23/h4-11,17-18,23,25,28-29,41H,12-16,19H2,1-3H3,(H,38,42). The molecule has 1 saturated carbocycles. The van der Waals surface area contributed by atoms with Gasteiger partial charge in [-0.3, -0.25) is 24.4 Å². The van der Waals surface area contributed by atoms with Crippen LogP contribution in [0.5, 0.6) is 0 Å². The zero-order valence-corrected chi connectivity index (χ0v) is 24.6. The number of aromatic nitrogens is 1. The van der Waals surface area contributed by atoms with Crippen molar-refractivity contribution < 1.29 is 23.5 Å². The van der Waals surface area contributed by atoms with E-state index in [1.807, 2.05) is 42.6 Å². The Morgan fingerprint density at radius 3 is 2.44 bits per heavy atom. The monoisotopic (exact) mass is 589 g/mol. The van der Waals surface area contributed by atoms with Gasteiger partial charge in [-0.25, -0.2) is 8.78 Å². The molecule has 3 unspecified atom stereocenters. The molecule has 226 valence electrons. The first kappa shape index (κ1) is 30.4. The van der Waals surface area contributed by atoms with Crippen molar-refractivity contribution in [2.75, 3.05) is 11.4 Å². The number of carbonyl (C=O) groups excluding carboxylic acids is 2. The van der Waals surface area contributed by atoms with Crippen LogP contribution in [0.4, 0.5) is 14.5 Å². The highest BCUT2D eigenvalue weighted by Gasteiger charge is 2.44. The third kappa shape index (κ3) is 6.47. The van der Waals surface area contributed by atoms with Gasteiger partial charge in [-0.05, 0) is 41.3 Å². The van der Waals surface area contributed by atoms with Gasteiger partial charge >= 0.3 is 0 Å². The second kappa shape index (κ2) is 11.9. The highest BCUT2D eigenvalue weighted by Crippen LogP contribution is 2.37. The molecular formula is C33H37F2N5O3. The minimum Gasteiger partial charge on any atom is -0.391 e. The summed E-state index contributed by atoms with van der Waals surface area (Å²) in [4.78, 5) is 35.9. The molecule has 0 spiro atoms. The largest absolute Gasteiger partial charge is 0.391 e. The van der Waals surface area contributed by atoms with Crippen molar-refractivity contribution in [3.63, 3.8) is 0 Å². The van der Waals surface area contributed by atoms with Crippen LogP contribution in [-0.2, 0) is 15.0 Å². The van der Waals surface area contributed by atoms with Gasteiger partial charge in [-0.15, -0.1) is 0 Å². The second-order valence-electron chi connectivity index (χ2n) is 12.7. The number of fused-ring (bicyclic) bond motifs is 1. The smallest absolute Gasteiger partial charge is 0.251 e. The minimum atomic E-state index is -2.76. The number of β-amino-alcohol motifs (C(OH)–C–C–N with tert-alkyl or cyclic N) is 1. The first-order chi connectivity index (χ1) is 20.4. The number of carbonyl (C=O) groups is 2. The highest BCUT2D eigenvalue weighted by molar-refractivity contribution is 6.05. The van der Waals surface area contributed by atoms with Crippen molar-refractivity contribution in [3.05, 3.63) is 72.1 Å². The molecule has 10 heteroatoms. The Kier molecular flexibility index (Phi) is 8.39. The lowest BCUT2D eigenvalue weighted by Gasteiger charge is -2.36. The van der Waals surface area contributed by atoms with Crippen LogP contribution in [0, 0.1) is 11.5 Å². The van der Waals surface area contributed by atoms with Crippen molar-refractivity contribution in [1.82, 2.24) is 15.2 Å². The summed E-state index contributed by atoms with van der Waals surface area (Å²) >= 11 is 0. The molecule has 43 heavy (non-hydrogen) atoms. The van der Waals surface area contributed by atoms with E-state index in [0.717, 1.165) is 10.9 Å². The van der Waals surface area contributed by atoms with Gasteiger partial charge in [0.25, 0.3) is 5.91 Å². The molecule has 2 aromatic carbocycles. The lowest BCUT2D eigenvalue weighted by molar-refractivity contribution is -0.129. The molecule has 3 aromatic rings. The molecule has 1 aliphatic heterocycles. The number of halogens is 2. The van der Waals surface area contributed by atoms with Gasteiger partial charge in [0.15, 0.2) is 6.19 Å². The normalized spacial score (nSPS) is 21.3. The Balaban J connectivity index is 1.64. The van der Waals surface area contributed by atoms with Gasteiger partial charge in [0, 0.05) is 54.3 Å². The number of nitrogens with one attached hydrogen (secondary N) is 1. The average Bonchev–Trinajstić information content (AvgIpc) is 3.36. The molecule has 1 saturated heterocycles. The molecule has 0 radical (unpaired) electrons. The summed E-state index contributed by atoms with van der Waals surface area (Å²) in [5, 5.41) is 24.6. The number of pyridine rings is 1. The predicted octanol–water partition coefficient (Wildman–Crippen LogP) is 5.22. The van der Waals surface area contributed by atoms with E-state index in [1.165, 1.54) is 9.80 Å². The average molecular weight is 590 g/mol. The molecule has 2 fully saturated rings. The quantitative estimate of drug-likeness (QED) is 0.382. The number of benzene rings is 2. The molecule has 2 N–H and O–H groups in total. The van der Waals surface area contributed by atoms with Crippen LogP contribution >= 0.6 is 0 Å². The summed E-state index contributed by atoms with van der Waals surface area (Å²) in [5.41, 5.74) is 1.75. The third-order valence-electron chi connectivity index (χ3n) is 8.51. The number of amides is 2. The molecule has 8 nitrogen and oxygen atoms in total. The van der Waals surface area contributed by atoms with Crippen LogP contribution in [0.15, 0.2) is 60.9 Å². The fourth-order valence-electron chi connectivity index (χ4n) is 6.06. The Morgan fingerprint density at radius 2 is 1.79 bits per heavy atom. The SMILES string of the molecule is CC(C)(C)c1ccc(N(C(=O)C2CC(O)CN2C#N)C(C(=O)NC2CCC(F)(F)CC2)c2cncc3ccccc23)cc1. The van der Waals surface area contributed by atoms with E-state index in [9.17, 15) is 28.7 Å². The summed E-state index contributed by atoms with van der Waals surface area (Å²) < 4.78 is 27.9. The van der Waals surface area contributed by atoms with Gasteiger partial charge in [-0.2, -0.15) is 5.26 Å². The zero-order valence-electron chi connectivity index (χ0n) is 24.6. The fourth-order valence-corrected chi connectivity index (χ4v) is 6.06. The zero-order chi connectivity index (χ0) is 30.9. The Morgan fingerprint density at radius 1 is 1.12 bits per heavy atom. The molecule has 1 aromatic heterocycles. The van der Waals surface area contributed by atoms with Crippen LogP contribution in [0.2, 0.25) is 0 Å². The second-order valence-corrected chi connectivity index (χ2v) is 12.7. The molecule has 5 rings (SSSR count). The van der Waals surface area contributed by atoms with Crippen molar-refractivity contribution in [2.24, 2.45) is 0 Å². The topological polar surface area (TPSA) is 110 Å².